The molecule has 15 heavy (non-hydrogen) atoms. The summed E-state index contributed by atoms with van der Waals surface area (Å²) in [4.78, 5) is 11.6. The molecule has 1 heterocycles. The van der Waals surface area contributed by atoms with E-state index in [1.165, 1.54) is 4.57 Å². The molecular weight excluding hydrogens is 212 g/mol. The first kappa shape index (κ1) is 9.75. The quantitative estimate of drug-likeness (QED) is 0.680. The molecule has 0 unspecified atom stereocenters. The molecule has 2 rings (SSSR count). The molecule has 2 aromatic rings. The normalized spacial score (nSPS) is 10.2. The minimum Gasteiger partial charge on any atom is -0.310 e. The first-order chi connectivity index (χ1) is 7.13. The number of benzene rings is 1. The van der Waals surface area contributed by atoms with Crippen molar-refractivity contribution in [2.45, 2.75) is 0 Å². The molecule has 0 bridgehead atoms. The van der Waals surface area contributed by atoms with Crippen LogP contribution in [0.1, 0.15) is 5.56 Å². The van der Waals surface area contributed by atoms with Crippen molar-refractivity contribution in [3.63, 3.8) is 0 Å². The third-order valence-corrected chi connectivity index (χ3v) is 2.54. The van der Waals surface area contributed by atoms with Gasteiger partial charge in [0.25, 0.3) is 5.56 Å². The maximum atomic E-state index is 11.6. The van der Waals surface area contributed by atoms with E-state index in [2.05, 4.69) is 0 Å². The lowest BCUT2D eigenvalue weighted by Crippen LogP contribution is -2.19. The van der Waals surface area contributed by atoms with Gasteiger partial charge in [0.1, 0.15) is 11.6 Å². The van der Waals surface area contributed by atoms with E-state index in [0.717, 1.165) is 10.9 Å². The zero-order valence-corrected chi connectivity index (χ0v) is 8.75. The third kappa shape index (κ3) is 1.49. The van der Waals surface area contributed by atoms with Gasteiger partial charge in [0.15, 0.2) is 0 Å². The zero-order chi connectivity index (χ0) is 11.0. The van der Waals surface area contributed by atoms with Gasteiger partial charge in [-0.3, -0.25) is 4.79 Å². The van der Waals surface area contributed by atoms with E-state index in [-0.39, 0.29) is 11.1 Å². The Morgan fingerprint density at radius 3 is 2.80 bits per heavy atom. The summed E-state index contributed by atoms with van der Waals surface area (Å²) in [6, 6.07) is 8.68. The second-order valence-electron chi connectivity index (χ2n) is 3.24. The second kappa shape index (κ2) is 3.41. The highest BCUT2D eigenvalue weighted by Crippen LogP contribution is 2.18. The number of nitriles is 1. The van der Waals surface area contributed by atoms with Gasteiger partial charge in [0.2, 0.25) is 0 Å². The van der Waals surface area contributed by atoms with E-state index in [0.29, 0.717) is 5.02 Å². The van der Waals surface area contributed by atoms with E-state index in [4.69, 9.17) is 16.9 Å². The SMILES string of the molecule is Cn1c(=O)c(C#N)cc2ccc(Cl)cc21. The number of aryl methyl sites for hydroxylation is 1. The number of halogens is 1. The summed E-state index contributed by atoms with van der Waals surface area (Å²) >= 11 is 5.84. The Hall–Kier alpha value is -1.79. The van der Waals surface area contributed by atoms with Crippen LogP contribution < -0.4 is 5.56 Å². The molecule has 0 fully saturated rings. The monoisotopic (exact) mass is 218 g/mol. The molecule has 0 spiro atoms. The number of hydrogen-bond acceptors (Lipinski definition) is 2. The summed E-state index contributed by atoms with van der Waals surface area (Å²) < 4.78 is 1.43. The van der Waals surface area contributed by atoms with Crippen molar-refractivity contribution < 1.29 is 0 Å². The van der Waals surface area contributed by atoms with Crippen LogP contribution in [-0.2, 0) is 7.05 Å². The Labute approximate surface area is 91.1 Å². The molecule has 0 aliphatic heterocycles. The topological polar surface area (TPSA) is 45.8 Å². The van der Waals surface area contributed by atoms with Gasteiger partial charge in [-0.2, -0.15) is 5.26 Å². The highest BCUT2D eigenvalue weighted by molar-refractivity contribution is 6.31. The molecule has 4 heteroatoms. The largest absolute Gasteiger partial charge is 0.310 e. The van der Waals surface area contributed by atoms with Crippen molar-refractivity contribution >= 4 is 22.5 Å². The lowest BCUT2D eigenvalue weighted by Gasteiger charge is -2.05. The number of fused-ring (bicyclic) bond motifs is 1. The number of rotatable bonds is 0. The van der Waals surface area contributed by atoms with Gasteiger partial charge in [0.05, 0.1) is 5.52 Å². The van der Waals surface area contributed by atoms with Crippen LogP contribution in [0.25, 0.3) is 10.9 Å². The van der Waals surface area contributed by atoms with Gasteiger partial charge in [-0.1, -0.05) is 17.7 Å². The summed E-state index contributed by atoms with van der Waals surface area (Å²) in [5.41, 5.74) is 0.575. The van der Waals surface area contributed by atoms with Crippen molar-refractivity contribution in [2.75, 3.05) is 0 Å². The second-order valence-corrected chi connectivity index (χ2v) is 3.67. The van der Waals surface area contributed by atoms with Crippen LogP contribution in [0.15, 0.2) is 29.1 Å². The molecule has 1 aromatic carbocycles. The first-order valence-electron chi connectivity index (χ1n) is 4.33. The molecule has 0 radical (unpaired) electrons. The van der Waals surface area contributed by atoms with Crippen LogP contribution in [0.2, 0.25) is 5.02 Å². The Morgan fingerprint density at radius 1 is 1.40 bits per heavy atom. The van der Waals surface area contributed by atoms with Crippen molar-refractivity contribution in [1.29, 1.82) is 5.26 Å². The molecule has 0 atom stereocenters. The first-order valence-corrected chi connectivity index (χ1v) is 4.70. The predicted octanol–water partition coefficient (Wildman–Crippen LogP) is 2.06. The van der Waals surface area contributed by atoms with Crippen LogP contribution in [0.5, 0.6) is 0 Å². The van der Waals surface area contributed by atoms with Gasteiger partial charge in [-0.15, -0.1) is 0 Å². The van der Waals surface area contributed by atoms with Crippen LogP contribution in [0.3, 0.4) is 0 Å². The van der Waals surface area contributed by atoms with Gasteiger partial charge in [-0.05, 0) is 23.6 Å². The molecule has 0 aliphatic carbocycles. The molecule has 0 saturated carbocycles. The Bertz CT molecular complexity index is 637. The lowest BCUT2D eigenvalue weighted by molar-refractivity contribution is 0.901. The molecule has 0 amide bonds. The fourth-order valence-corrected chi connectivity index (χ4v) is 1.68. The van der Waals surface area contributed by atoms with Gasteiger partial charge >= 0.3 is 0 Å². The Morgan fingerprint density at radius 2 is 2.13 bits per heavy atom. The van der Waals surface area contributed by atoms with Crippen LogP contribution in [0.4, 0.5) is 0 Å². The van der Waals surface area contributed by atoms with E-state index < -0.39 is 0 Å². The number of aromatic nitrogens is 1. The van der Waals surface area contributed by atoms with Crippen molar-refractivity contribution in [3.8, 4) is 6.07 Å². The van der Waals surface area contributed by atoms with Crippen LogP contribution in [0, 0.1) is 11.3 Å². The summed E-state index contributed by atoms with van der Waals surface area (Å²) in [6.45, 7) is 0. The number of nitrogens with zero attached hydrogens (tertiary/aromatic N) is 2. The van der Waals surface area contributed by atoms with Crippen LogP contribution in [-0.4, -0.2) is 4.57 Å². The van der Waals surface area contributed by atoms with E-state index >= 15 is 0 Å². The molecule has 3 nitrogen and oxygen atoms in total. The summed E-state index contributed by atoms with van der Waals surface area (Å²) in [5, 5.41) is 10.2. The minimum absolute atomic E-state index is 0.146. The van der Waals surface area contributed by atoms with Gasteiger partial charge < -0.3 is 4.57 Å². The maximum Gasteiger partial charge on any atom is 0.268 e. The molecule has 0 saturated heterocycles. The van der Waals surface area contributed by atoms with Crippen molar-refractivity contribution in [1.82, 2.24) is 4.57 Å². The smallest absolute Gasteiger partial charge is 0.268 e. The summed E-state index contributed by atoms with van der Waals surface area (Å²) in [7, 11) is 1.63. The fraction of sp³-hybridized carbons (Fsp3) is 0.0909. The predicted molar refractivity (Wildman–Crippen MR) is 58.9 cm³/mol. The standard InChI is InChI=1S/C11H7ClN2O/c1-14-10-5-9(12)3-2-7(10)4-8(6-13)11(14)15/h2-5H,1H3. The highest BCUT2D eigenvalue weighted by Gasteiger charge is 2.05. The van der Waals surface area contributed by atoms with Gasteiger partial charge in [-0.25, -0.2) is 0 Å². The number of pyridine rings is 1. The third-order valence-electron chi connectivity index (χ3n) is 2.31. The molecular formula is C11H7ClN2O. The minimum atomic E-state index is -0.299. The van der Waals surface area contributed by atoms with Crippen molar-refractivity contribution in [2.24, 2.45) is 7.05 Å². The highest BCUT2D eigenvalue weighted by atomic mass is 35.5. The van der Waals surface area contributed by atoms with Crippen LogP contribution >= 0.6 is 11.6 Å². The molecule has 0 aliphatic rings. The van der Waals surface area contributed by atoms with E-state index in [1.807, 2.05) is 6.07 Å². The number of hydrogen-bond donors (Lipinski definition) is 0. The van der Waals surface area contributed by atoms with Gasteiger partial charge in [0, 0.05) is 12.1 Å². The average molecular weight is 219 g/mol. The molecule has 0 N–H and O–H groups in total. The zero-order valence-electron chi connectivity index (χ0n) is 7.99. The molecule has 1 aromatic heterocycles. The maximum absolute atomic E-state index is 11.6. The van der Waals surface area contributed by atoms with Crippen molar-refractivity contribution in [3.05, 3.63) is 45.2 Å². The lowest BCUT2D eigenvalue weighted by atomic mass is 10.1. The van der Waals surface area contributed by atoms with E-state index in [9.17, 15) is 4.79 Å². The average Bonchev–Trinajstić information content (AvgIpc) is 2.24. The Kier molecular flexibility index (Phi) is 2.22. The summed E-state index contributed by atoms with van der Waals surface area (Å²) in [5.74, 6) is 0. The molecule has 74 valence electrons. The summed E-state index contributed by atoms with van der Waals surface area (Å²) in [6.07, 6.45) is 0. The Balaban J connectivity index is 2.99. The van der Waals surface area contributed by atoms with E-state index in [1.54, 1.807) is 31.3 Å². The fourth-order valence-electron chi connectivity index (χ4n) is 1.52.